The standard InChI is InChI=1S/C18H21N5O3/c24-14-5-3-8-21-16(14)18(26)23-15-10-12(6-9-20-15)11-22-17(25)13-4-1-2-7-19-13/h3,5-6,8-10,13,19,24H,1-2,4,7,11H2,(H,22,25)(H,20,23,26). The van der Waals surface area contributed by atoms with Gasteiger partial charge in [-0.05, 0) is 49.2 Å². The van der Waals surface area contributed by atoms with E-state index in [1.54, 1.807) is 18.3 Å². The quantitative estimate of drug-likeness (QED) is 0.640. The van der Waals surface area contributed by atoms with E-state index in [1.165, 1.54) is 18.3 Å². The predicted molar refractivity (Wildman–Crippen MR) is 95.6 cm³/mol. The van der Waals surface area contributed by atoms with Gasteiger partial charge in [0.1, 0.15) is 11.6 Å². The van der Waals surface area contributed by atoms with E-state index in [0.717, 1.165) is 31.4 Å². The van der Waals surface area contributed by atoms with Crippen LogP contribution in [0.2, 0.25) is 0 Å². The summed E-state index contributed by atoms with van der Waals surface area (Å²) in [4.78, 5) is 32.3. The molecular weight excluding hydrogens is 334 g/mol. The van der Waals surface area contributed by atoms with E-state index in [0.29, 0.717) is 12.4 Å². The van der Waals surface area contributed by atoms with Gasteiger partial charge in [-0.3, -0.25) is 9.59 Å². The predicted octanol–water partition coefficient (Wildman–Crippen LogP) is 1.19. The van der Waals surface area contributed by atoms with Crippen molar-refractivity contribution in [1.82, 2.24) is 20.6 Å². The number of nitrogens with zero attached hydrogens (tertiary/aromatic N) is 2. The second-order valence-electron chi connectivity index (χ2n) is 6.09. The number of rotatable bonds is 5. The molecule has 1 aliphatic heterocycles. The zero-order valence-corrected chi connectivity index (χ0v) is 14.2. The van der Waals surface area contributed by atoms with Gasteiger partial charge in [-0.15, -0.1) is 0 Å². The van der Waals surface area contributed by atoms with Crippen LogP contribution in [0.3, 0.4) is 0 Å². The highest BCUT2D eigenvalue weighted by Gasteiger charge is 2.20. The van der Waals surface area contributed by atoms with Crippen LogP contribution in [0, 0.1) is 0 Å². The maximum Gasteiger partial charge on any atom is 0.279 e. The molecular formula is C18H21N5O3. The number of carbonyl (C=O) groups is 2. The van der Waals surface area contributed by atoms with Gasteiger partial charge in [0.15, 0.2) is 5.69 Å². The molecule has 0 radical (unpaired) electrons. The topological polar surface area (TPSA) is 116 Å². The zero-order chi connectivity index (χ0) is 18.4. The number of carbonyl (C=O) groups excluding carboxylic acids is 2. The molecule has 8 heteroatoms. The number of hydrogen-bond donors (Lipinski definition) is 4. The van der Waals surface area contributed by atoms with E-state index in [2.05, 4.69) is 25.9 Å². The fourth-order valence-electron chi connectivity index (χ4n) is 2.79. The molecule has 1 saturated heterocycles. The first-order valence-corrected chi connectivity index (χ1v) is 8.55. The van der Waals surface area contributed by atoms with Crippen molar-refractivity contribution in [3.63, 3.8) is 0 Å². The van der Waals surface area contributed by atoms with Crippen LogP contribution >= 0.6 is 0 Å². The normalized spacial score (nSPS) is 16.7. The molecule has 2 aromatic rings. The Bertz CT molecular complexity index is 790. The Kier molecular flexibility index (Phi) is 5.75. The summed E-state index contributed by atoms with van der Waals surface area (Å²) < 4.78 is 0. The zero-order valence-electron chi connectivity index (χ0n) is 14.2. The molecule has 0 bridgehead atoms. The number of piperidine rings is 1. The summed E-state index contributed by atoms with van der Waals surface area (Å²) in [5, 5.41) is 18.4. The van der Waals surface area contributed by atoms with E-state index in [1.807, 2.05) is 0 Å². The molecule has 3 heterocycles. The van der Waals surface area contributed by atoms with Crippen LogP contribution in [0.1, 0.15) is 35.3 Å². The number of aromatic nitrogens is 2. The first-order valence-electron chi connectivity index (χ1n) is 8.55. The van der Waals surface area contributed by atoms with Crippen LogP contribution in [-0.2, 0) is 11.3 Å². The Morgan fingerprint density at radius 3 is 2.88 bits per heavy atom. The van der Waals surface area contributed by atoms with Crippen LogP contribution in [0.15, 0.2) is 36.7 Å². The average molecular weight is 355 g/mol. The van der Waals surface area contributed by atoms with E-state index < -0.39 is 5.91 Å². The third-order valence-corrected chi connectivity index (χ3v) is 4.16. The highest BCUT2D eigenvalue weighted by Crippen LogP contribution is 2.15. The molecule has 8 nitrogen and oxygen atoms in total. The second-order valence-corrected chi connectivity index (χ2v) is 6.09. The van der Waals surface area contributed by atoms with Crippen molar-refractivity contribution in [3.05, 3.63) is 47.9 Å². The molecule has 2 aromatic heterocycles. The van der Waals surface area contributed by atoms with Crippen molar-refractivity contribution in [1.29, 1.82) is 0 Å². The van der Waals surface area contributed by atoms with Crippen LogP contribution in [-0.4, -0.2) is 39.5 Å². The lowest BCUT2D eigenvalue weighted by Gasteiger charge is -2.22. The Morgan fingerprint density at radius 1 is 1.23 bits per heavy atom. The van der Waals surface area contributed by atoms with Crippen LogP contribution in [0.4, 0.5) is 5.82 Å². The Balaban J connectivity index is 1.58. The van der Waals surface area contributed by atoms with Gasteiger partial charge in [-0.25, -0.2) is 9.97 Å². The van der Waals surface area contributed by atoms with E-state index >= 15 is 0 Å². The second kappa shape index (κ2) is 8.39. The molecule has 2 amide bonds. The SMILES string of the molecule is O=C(Nc1cc(CNC(=O)C2CCCCN2)ccn1)c1ncccc1O. The smallest absolute Gasteiger partial charge is 0.279 e. The molecule has 0 aliphatic carbocycles. The minimum atomic E-state index is -0.553. The Hall–Kier alpha value is -3.00. The largest absolute Gasteiger partial charge is 0.505 e. The van der Waals surface area contributed by atoms with Crippen molar-refractivity contribution in [2.75, 3.05) is 11.9 Å². The first-order chi connectivity index (χ1) is 12.6. The maximum atomic E-state index is 12.2. The van der Waals surface area contributed by atoms with Crippen LogP contribution < -0.4 is 16.0 Å². The highest BCUT2D eigenvalue weighted by molar-refractivity contribution is 6.04. The number of pyridine rings is 2. The monoisotopic (exact) mass is 355 g/mol. The Labute approximate surface area is 151 Å². The number of anilines is 1. The molecule has 26 heavy (non-hydrogen) atoms. The molecule has 1 fully saturated rings. The first kappa shape index (κ1) is 17.8. The molecule has 4 N–H and O–H groups in total. The molecule has 0 aromatic carbocycles. The molecule has 0 spiro atoms. The lowest BCUT2D eigenvalue weighted by molar-refractivity contribution is -0.123. The van der Waals surface area contributed by atoms with Gasteiger partial charge in [0.2, 0.25) is 5.91 Å². The van der Waals surface area contributed by atoms with Gasteiger partial charge in [-0.2, -0.15) is 0 Å². The van der Waals surface area contributed by atoms with Crippen molar-refractivity contribution in [2.24, 2.45) is 0 Å². The molecule has 1 atom stereocenters. The fraction of sp³-hybridized carbons (Fsp3) is 0.333. The molecule has 1 aliphatic rings. The third kappa shape index (κ3) is 4.54. The third-order valence-electron chi connectivity index (χ3n) is 4.16. The van der Waals surface area contributed by atoms with Gasteiger partial charge >= 0.3 is 0 Å². The number of hydrogen-bond acceptors (Lipinski definition) is 6. The number of nitrogens with one attached hydrogen (secondary N) is 3. The van der Waals surface area contributed by atoms with Gasteiger partial charge in [0.25, 0.3) is 5.91 Å². The minimum Gasteiger partial charge on any atom is -0.505 e. The molecule has 136 valence electrons. The lowest BCUT2D eigenvalue weighted by atomic mass is 10.0. The molecule has 1 unspecified atom stereocenters. The Morgan fingerprint density at radius 2 is 2.12 bits per heavy atom. The molecule has 0 saturated carbocycles. The van der Waals surface area contributed by atoms with E-state index in [9.17, 15) is 14.7 Å². The van der Waals surface area contributed by atoms with E-state index in [-0.39, 0.29) is 23.4 Å². The fourth-order valence-corrected chi connectivity index (χ4v) is 2.79. The summed E-state index contributed by atoms with van der Waals surface area (Å²) in [7, 11) is 0. The summed E-state index contributed by atoms with van der Waals surface area (Å²) in [6.45, 7) is 1.21. The van der Waals surface area contributed by atoms with Gasteiger partial charge in [0.05, 0.1) is 6.04 Å². The summed E-state index contributed by atoms with van der Waals surface area (Å²) >= 11 is 0. The average Bonchev–Trinajstić information content (AvgIpc) is 2.67. The summed E-state index contributed by atoms with van der Waals surface area (Å²) in [5.41, 5.74) is 0.737. The van der Waals surface area contributed by atoms with Crippen molar-refractivity contribution in [2.45, 2.75) is 31.8 Å². The van der Waals surface area contributed by atoms with Gasteiger partial charge < -0.3 is 21.1 Å². The van der Waals surface area contributed by atoms with Crippen molar-refractivity contribution < 1.29 is 14.7 Å². The van der Waals surface area contributed by atoms with Crippen molar-refractivity contribution >= 4 is 17.6 Å². The van der Waals surface area contributed by atoms with Crippen LogP contribution in [0.5, 0.6) is 5.75 Å². The number of aromatic hydroxyl groups is 1. The lowest BCUT2D eigenvalue weighted by Crippen LogP contribution is -2.46. The van der Waals surface area contributed by atoms with Crippen molar-refractivity contribution in [3.8, 4) is 5.75 Å². The highest BCUT2D eigenvalue weighted by atomic mass is 16.3. The summed E-state index contributed by atoms with van der Waals surface area (Å²) in [6, 6.07) is 6.22. The number of amides is 2. The minimum absolute atomic E-state index is 0.0227. The van der Waals surface area contributed by atoms with Gasteiger partial charge in [0, 0.05) is 18.9 Å². The summed E-state index contributed by atoms with van der Waals surface area (Å²) in [5.74, 6) is -0.454. The summed E-state index contributed by atoms with van der Waals surface area (Å²) in [6.07, 6.45) is 5.97. The molecule has 3 rings (SSSR count). The maximum absolute atomic E-state index is 12.2. The van der Waals surface area contributed by atoms with E-state index in [4.69, 9.17) is 0 Å². The van der Waals surface area contributed by atoms with Gasteiger partial charge in [-0.1, -0.05) is 6.42 Å². The van der Waals surface area contributed by atoms with Crippen LogP contribution in [0.25, 0.3) is 0 Å².